The van der Waals surface area contributed by atoms with Crippen LogP contribution in [0.1, 0.15) is 15.9 Å². The van der Waals surface area contributed by atoms with E-state index >= 15 is 0 Å². The molecule has 0 unspecified atom stereocenters. The standard InChI is InChI=1S/C15H12BrClO2/c1-19-15-7-6-11(17)8-10(15)9-14(18)12-4-2-3-5-13(12)16/h2-8H,9H2,1H3. The molecule has 2 rings (SSSR count). The van der Waals surface area contributed by atoms with E-state index in [-0.39, 0.29) is 12.2 Å². The number of Topliss-reactive ketones (excluding diaryl/α,β-unsaturated/α-hetero) is 1. The molecule has 2 nitrogen and oxygen atoms in total. The van der Waals surface area contributed by atoms with Crippen LogP contribution in [0, 0.1) is 0 Å². The number of halogens is 2. The van der Waals surface area contributed by atoms with Crippen molar-refractivity contribution in [3.8, 4) is 5.75 Å². The molecule has 0 spiro atoms. The van der Waals surface area contributed by atoms with E-state index in [1.165, 1.54) is 0 Å². The van der Waals surface area contributed by atoms with Crippen LogP contribution in [0.4, 0.5) is 0 Å². The lowest BCUT2D eigenvalue weighted by molar-refractivity contribution is 0.0991. The Morgan fingerprint density at radius 2 is 2.00 bits per heavy atom. The quantitative estimate of drug-likeness (QED) is 0.765. The number of ether oxygens (including phenoxy) is 1. The maximum absolute atomic E-state index is 12.3. The first-order valence-electron chi connectivity index (χ1n) is 5.72. The summed E-state index contributed by atoms with van der Waals surface area (Å²) in [6.07, 6.45) is 0.256. The van der Waals surface area contributed by atoms with Crippen molar-refractivity contribution in [1.82, 2.24) is 0 Å². The zero-order valence-electron chi connectivity index (χ0n) is 10.3. The van der Waals surface area contributed by atoms with Crippen molar-refractivity contribution >= 4 is 33.3 Å². The van der Waals surface area contributed by atoms with Gasteiger partial charge in [-0.15, -0.1) is 0 Å². The highest BCUT2D eigenvalue weighted by atomic mass is 79.9. The van der Waals surface area contributed by atoms with Crippen LogP contribution in [0.25, 0.3) is 0 Å². The second-order valence-electron chi connectivity index (χ2n) is 4.04. The summed E-state index contributed by atoms with van der Waals surface area (Å²) < 4.78 is 6.04. The highest BCUT2D eigenvalue weighted by Gasteiger charge is 2.13. The van der Waals surface area contributed by atoms with E-state index in [1.807, 2.05) is 18.2 Å². The van der Waals surface area contributed by atoms with Crippen LogP contribution in [-0.2, 0) is 6.42 Å². The molecule has 0 saturated carbocycles. The highest BCUT2D eigenvalue weighted by Crippen LogP contribution is 2.25. The molecule has 0 saturated heterocycles. The van der Waals surface area contributed by atoms with Gasteiger partial charge in [0.15, 0.2) is 5.78 Å². The normalized spacial score (nSPS) is 10.3. The summed E-state index contributed by atoms with van der Waals surface area (Å²) in [5.41, 5.74) is 1.44. The van der Waals surface area contributed by atoms with Gasteiger partial charge in [0.25, 0.3) is 0 Å². The van der Waals surface area contributed by atoms with E-state index in [0.29, 0.717) is 16.3 Å². The molecule has 2 aromatic rings. The minimum absolute atomic E-state index is 0.0213. The molecular formula is C15H12BrClO2. The van der Waals surface area contributed by atoms with Gasteiger partial charge in [0, 0.05) is 27.0 Å². The molecule has 0 amide bonds. The van der Waals surface area contributed by atoms with Crippen LogP contribution in [0.5, 0.6) is 5.75 Å². The van der Waals surface area contributed by atoms with Gasteiger partial charge in [0.05, 0.1) is 7.11 Å². The molecule has 0 bridgehead atoms. The maximum atomic E-state index is 12.3. The predicted molar refractivity (Wildman–Crippen MR) is 80.2 cm³/mol. The Labute approximate surface area is 125 Å². The second kappa shape index (κ2) is 6.22. The molecule has 0 aliphatic heterocycles. The maximum Gasteiger partial charge on any atom is 0.168 e. The first kappa shape index (κ1) is 14.1. The molecule has 0 fully saturated rings. The van der Waals surface area contributed by atoms with Gasteiger partial charge in [0.1, 0.15) is 5.75 Å². The average molecular weight is 340 g/mol. The van der Waals surface area contributed by atoms with Crippen LogP contribution >= 0.6 is 27.5 Å². The number of carbonyl (C=O) groups is 1. The Morgan fingerprint density at radius 3 is 2.68 bits per heavy atom. The van der Waals surface area contributed by atoms with Gasteiger partial charge < -0.3 is 4.74 Å². The Balaban J connectivity index is 2.29. The van der Waals surface area contributed by atoms with Gasteiger partial charge in [-0.1, -0.05) is 45.7 Å². The summed E-state index contributed by atoms with van der Waals surface area (Å²) in [4.78, 5) is 12.3. The Morgan fingerprint density at radius 1 is 1.26 bits per heavy atom. The van der Waals surface area contributed by atoms with E-state index in [4.69, 9.17) is 16.3 Å². The Bertz CT molecular complexity index is 611. The topological polar surface area (TPSA) is 26.3 Å². The minimum atomic E-state index is 0.0213. The molecule has 0 atom stereocenters. The molecular weight excluding hydrogens is 328 g/mol. The van der Waals surface area contributed by atoms with Crippen LogP contribution in [0.3, 0.4) is 0 Å². The lowest BCUT2D eigenvalue weighted by Crippen LogP contribution is -2.05. The van der Waals surface area contributed by atoms with Crippen LogP contribution in [-0.4, -0.2) is 12.9 Å². The van der Waals surface area contributed by atoms with Crippen LogP contribution < -0.4 is 4.74 Å². The summed E-state index contributed by atoms with van der Waals surface area (Å²) in [5, 5.41) is 0.593. The van der Waals surface area contributed by atoms with E-state index < -0.39 is 0 Å². The van der Waals surface area contributed by atoms with E-state index in [9.17, 15) is 4.79 Å². The molecule has 0 heterocycles. The molecule has 98 valence electrons. The van der Waals surface area contributed by atoms with Gasteiger partial charge in [-0.2, -0.15) is 0 Å². The number of ketones is 1. The molecule has 0 aliphatic carbocycles. The number of carbonyl (C=O) groups excluding carboxylic acids is 1. The van der Waals surface area contributed by atoms with Crippen LogP contribution in [0.2, 0.25) is 5.02 Å². The Hall–Kier alpha value is -1.32. The minimum Gasteiger partial charge on any atom is -0.496 e. The van der Waals surface area contributed by atoms with Crippen molar-refractivity contribution in [2.45, 2.75) is 6.42 Å². The molecule has 2 aromatic carbocycles. The van der Waals surface area contributed by atoms with Crippen molar-refractivity contribution < 1.29 is 9.53 Å². The van der Waals surface area contributed by atoms with E-state index in [2.05, 4.69) is 15.9 Å². The van der Waals surface area contributed by atoms with Crippen molar-refractivity contribution in [1.29, 1.82) is 0 Å². The molecule has 0 aliphatic rings. The molecule has 0 aromatic heterocycles. The fourth-order valence-corrected chi connectivity index (χ4v) is 2.54. The second-order valence-corrected chi connectivity index (χ2v) is 5.33. The fourth-order valence-electron chi connectivity index (χ4n) is 1.84. The third-order valence-electron chi connectivity index (χ3n) is 2.77. The van der Waals surface area contributed by atoms with Gasteiger partial charge >= 0.3 is 0 Å². The van der Waals surface area contributed by atoms with Gasteiger partial charge in [-0.25, -0.2) is 0 Å². The van der Waals surface area contributed by atoms with E-state index in [0.717, 1.165) is 10.0 Å². The van der Waals surface area contributed by atoms with Crippen molar-refractivity contribution in [2.75, 3.05) is 7.11 Å². The zero-order chi connectivity index (χ0) is 13.8. The third-order valence-corrected chi connectivity index (χ3v) is 3.69. The zero-order valence-corrected chi connectivity index (χ0v) is 12.7. The summed E-state index contributed by atoms with van der Waals surface area (Å²) in [6.45, 7) is 0. The molecule has 0 radical (unpaired) electrons. The SMILES string of the molecule is COc1ccc(Cl)cc1CC(=O)c1ccccc1Br. The highest BCUT2D eigenvalue weighted by molar-refractivity contribution is 9.10. The van der Waals surface area contributed by atoms with Crippen molar-refractivity contribution in [2.24, 2.45) is 0 Å². The number of hydrogen-bond acceptors (Lipinski definition) is 2. The molecule has 4 heteroatoms. The number of benzene rings is 2. The summed E-state index contributed by atoms with van der Waals surface area (Å²) >= 11 is 9.34. The lowest BCUT2D eigenvalue weighted by atomic mass is 10.0. The fraction of sp³-hybridized carbons (Fsp3) is 0.133. The smallest absolute Gasteiger partial charge is 0.168 e. The number of rotatable bonds is 4. The van der Waals surface area contributed by atoms with Crippen LogP contribution in [0.15, 0.2) is 46.9 Å². The lowest BCUT2D eigenvalue weighted by Gasteiger charge is -2.09. The molecule has 0 N–H and O–H groups in total. The summed E-state index contributed by atoms with van der Waals surface area (Å²) in [5.74, 6) is 0.692. The predicted octanol–water partition coefficient (Wildman–Crippen LogP) is 4.54. The van der Waals surface area contributed by atoms with Gasteiger partial charge in [-0.3, -0.25) is 4.79 Å². The number of hydrogen-bond donors (Lipinski definition) is 0. The van der Waals surface area contributed by atoms with Gasteiger partial charge in [-0.05, 0) is 24.3 Å². The molecule has 19 heavy (non-hydrogen) atoms. The average Bonchev–Trinajstić information content (AvgIpc) is 2.39. The van der Waals surface area contributed by atoms with Crippen molar-refractivity contribution in [3.63, 3.8) is 0 Å². The number of methoxy groups -OCH3 is 1. The first-order valence-corrected chi connectivity index (χ1v) is 6.89. The summed E-state index contributed by atoms with van der Waals surface area (Å²) in [6, 6.07) is 12.6. The Kier molecular flexibility index (Phi) is 4.61. The summed E-state index contributed by atoms with van der Waals surface area (Å²) in [7, 11) is 1.58. The van der Waals surface area contributed by atoms with Gasteiger partial charge in [0.2, 0.25) is 0 Å². The third kappa shape index (κ3) is 3.37. The monoisotopic (exact) mass is 338 g/mol. The van der Waals surface area contributed by atoms with E-state index in [1.54, 1.807) is 31.4 Å². The van der Waals surface area contributed by atoms with Crippen molar-refractivity contribution in [3.05, 3.63) is 63.1 Å². The first-order chi connectivity index (χ1) is 9.11. The largest absolute Gasteiger partial charge is 0.496 e.